The highest BCUT2D eigenvalue weighted by atomic mass is 16.5. The molecule has 0 heterocycles. The Hall–Kier alpha value is -1.16. The molecule has 0 aromatic carbocycles. The van der Waals surface area contributed by atoms with Crippen LogP contribution in [0.4, 0.5) is 0 Å². The van der Waals surface area contributed by atoms with E-state index in [1.54, 1.807) is 7.11 Å². The number of unbranched alkanes of at least 4 members (excludes halogenated alkanes) is 3. The first kappa shape index (κ1) is 18.6. The predicted molar refractivity (Wildman–Crippen MR) is 96.0 cm³/mol. The molecule has 0 saturated heterocycles. The van der Waals surface area contributed by atoms with Gasteiger partial charge < -0.3 is 9.47 Å². The molecule has 1 spiro atoms. The maximum absolute atomic E-state index is 13.6. The molecule has 5 atom stereocenters. The number of rotatable bonds is 7. The van der Waals surface area contributed by atoms with Crippen LogP contribution in [-0.2, 0) is 19.1 Å². The Morgan fingerprint density at radius 3 is 2.72 bits per heavy atom. The summed E-state index contributed by atoms with van der Waals surface area (Å²) in [7, 11) is 3.12. The fourth-order valence-electron chi connectivity index (χ4n) is 6.08. The summed E-state index contributed by atoms with van der Waals surface area (Å²) in [5.74, 6) is -0.0312. The lowest BCUT2D eigenvalue weighted by Crippen LogP contribution is -2.49. The predicted octanol–water partition coefficient (Wildman–Crippen LogP) is 4.08. The number of fused-ring (bicyclic) bond motifs is 3. The summed E-state index contributed by atoms with van der Waals surface area (Å²) in [5.41, 5.74) is -1.44. The molecule has 3 fully saturated rings. The SMILES string of the molecule is CCCCC/C=C\[C@@H]1[C@@H]2CC[C@@]1(C(=O)OC)C(=O)[C@@]21CCC[C@@H]1OC. The molecule has 0 aromatic heterocycles. The highest BCUT2D eigenvalue weighted by Crippen LogP contribution is 2.69. The molecule has 0 unspecified atom stereocenters. The fraction of sp³-hybridized carbons (Fsp3) is 0.810. The second-order valence-electron chi connectivity index (χ2n) is 8.04. The molecular formula is C21H32O4. The van der Waals surface area contributed by atoms with E-state index in [-0.39, 0.29) is 29.7 Å². The number of allylic oxidation sites excluding steroid dienone is 2. The summed E-state index contributed by atoms with van der Waals surface area (Å²) in [4.78, 5) is 26.4. The van der Waals surface area contributed by atoms with Crippen molar-refractivity contribution in [2.24, 2.45) is 22.7 Å². The van der Waals surface area contributed by atoms with Crippen molar-refractivity contribution in [1.29, 1.82) is 0 Å². The Kier molecular flexibility index (Phi) is 5.38. The van der Waals surface area contributed by atoms with E-state index in [9.17, 15) is 9.59 Å². The zero-order chi connectivity index (χ0) is 18.1. The Bertz CT molecular complexity index is 554. The van der Waals surface area contributed by atoms with Crippen LogP contribution in [0.2, 0.25) is 0 Å². The zero-order valence-electron chi connectivity index (χ0n) is 15.9. The number of hydrogen-bond acceptors (Lipinski definition) is 4. The number of carbonyl (C=O) groups excluding carboxylic acids is 2. The second-order valence-corrected chi connectivity index (χ2v) is 8.04. The molecule has 0 aromatic rings. The lowest BCUT2D eigenvalue weighted by molar-refractivity contribution is -0.162. The van der Waals surface area contributed by atoms with Gasteiger partial charge in [0.25, 0.3) is 0 Å². The van der Waals surface area contributed by atoms with Crippen LogP contribution in [0, 0.1) is 22.7 Å². The molecule has 3 aliphatic rings. The van der Waals surface area contributed by atoms with Crippen molar-refractivity contribution in [2.45, 2.75) is 70.8 Å². The van der Waals surface area contributed by atoms with Crippen LogP contribution in [-0.4, -0.2) is 32.1 Å². The molecule has 3 rings (SSSR count). The summed E-state index contributed by atoms with van der Waals surface area (Å²) in [6.07, 6.45) is 13.2. The van der Waals surface area contributed by atoms with Gasteiger partial charge in [-0.05, 0) is 50.9 Å². The third kappa shape index (κ3) is 2.51. The normalized spacial score (nSPS) is 39.8. The average Bonchev–Trinajstić information content (AvgIpc) is 3.26. The number of hydrogen-bond donors (Lipinski definition) is 0. The van der Waals surface area contributed by atoms with Crippen molar-refractivity contribution in [3.63, 3.8) is 0 Å². The number of ketones is 1. The molecule has 140 valence electrons. The summed E-state index contributed by atoms with van der Waals surface area (Å²) < 4.78 is 10.9. The van der Waals surface area contributed by atoms with Gasteiger partial charge >= 0.3 is 5.97 Å². The van der Waals surface area contributed by atoms with Crippen LogP contribution in [0.1, 0.15) is 64.7 Å². The fourth-order valence-corrected chi connectivity index (χ4v) is 6.08. The Labute approximate surface area is 151 Å². The summed E-state index contributed by atoms with van der Waals surface area (Å²) in [6.45, 7) is 2.20. The molecule has 25 heavy (non-hydrogen) atoms. The van der Waals surface area contributed by atoms with Crippen molar-refractivity contribution in [3.05, 3.63) is 12.2 Å². The second kappa shape index (κ2) is 7.22. The van der Waals surface area contributed by atoms with E-state index < -0.39 is 10.8 Å². The number of esters is 1. The van der Waals surface area contributed by atoms with Crippen molar-refractivity contribution in [1.82, 2.24) is 0 Å². The maximum Gasteiger partial charge on any atom is 0.319 e. The number of ether oxygens (including phenoxy) is 2. The first-order valence-electron chi connectivity index (χ1n) is 9.92. The Morgan fingerprint density at radius 1 is 1.24 bits per heavy atom. The first-order valence-corrected chi connectivity index (χ1v) is 9.92. The van der Waals surface area contributed by atoms with Gasteiger partial charge in [0, 0.05) is 13.0 Å². The molecule has 0 N–H and O–H groups in total. The quantitative estimate of drug-likeness (QED) is 0.301. The minimum atomic E-state index is -0.970. The number of methoxy groups -OCH3 is 2. The Balaban J connectivity index is 1.93. The van der Waals surface area contributed by atoms with Gasteiger partial charge in [0.05, 0.1) is 18.6 Å². The molecule has 0 aliphatic heterocycles. The lowest BCUT2D eigenvalue weighted by Gasteiger charge is -2.38. The molecule has 2 bridgehead atoms. The standard InChI is InChI=1S/C21H32O4/c1-4-5-6-7-8-10-15-16-12-14-21(15,19(23)25-3)18(22)20(16)13-9-11-17(20)24-2/h8,10,15-17H,4-7,9,11-14H2,1-3H3/b10-8-/t15-,16+,17+,20+,21+/m1/s1. The van der Waals surface area contributed by atoms with Crippen LogP contribution >= 0.6 is 0 Å². The van der Waals surface area contributed by atoms with E-state index in [2.05, 4.69) is 19.1 Å². The van der Waals surface area contributed by atoms with Gasteiger partial charge in [-0.25, -0.2) is 0 Å². The highest BCUT2D eigenvalue weighted by molar-refractivity contribution is 6.10. The van der Waals surface area contributed by atoms with E-state index in [0.717, 1.165) is 38.5 Å². The minimum Gasteiger partial charge on any atom is -0.468 e. The monoisotopic (exact) mass is 348 g/mol. The van der Waals surface area contributed by atoms with Crippen molar-refractivity contribution in [3.8, 4) is 0 Å². The third-order valence-corrected chi connectivity index (χ3v) is 7.13. The molecule has 0 amide bonds. The van der Waals surface area contributed by atoms with Crippen LogP contribution in [0.25, 0.3) is 0 Å². The molecule has 3 aliphatic carbocycles. The van der Waals surface area contributed by atoms with Crippen LogP contribution in [0.15, 0.2) is 12.2 Å². The molecule has 0 radical (unpaired) electrons. The zero-order valence-corrected chi connectivity index (χ0v) is 15.9. The van der Waals surface area contributed by atoms with E-state index in [0.29, 0.717) is 6.42 Å². The van der Waals surface area contributed by atoms with Gasteiger partial charge in [0.15, 0.2) is 5.78 Å². The molecular weight excluding hydrogens is 316 g/mol. The first-order chi connectivity index (χ1) is 12.1. The van der Waals surface area contributed by atoms with E-state index in [4.69, 9.17) is 9.47 Å². The van der Waals surface area contributed by atoms with Crippen LogP contribution in [0.5, 0.6) is 0 Å². The smallest absolute Gasteiger partial charge is 0.319 e. The average molecular weight is 348 g/mol. The van der Waals surface area contributed by atoms with E-state index in [1.807, 2.05) is 0 Å². The highest BCUT2D eigenvalue weighted by Gasteiger charge is 2.76. The van der Waals surface area contributed by atoms with E-state index in [1.165, 1.54) is 20.0 Å². The number of carbonyl (C=O) groups is 2. The maximum atomic E-state index is 13.6. The van der Waals surface area contributed by atoms with Crippen LogP contribution in [0.3, 0.4) is 0 Å². The van der Waals surface area contributed by atoms with Crippen molar-refractivity contribution < 1.29 is 19.1 Å². The van der Waals surface area contributed by atoms with E-state index >= 15 is 0 Å². The van der Waals surface area contributed by atoms with Gasteiger partial charge in [-0.2, -0.15) is 0 Å². The summed E-state index contributed by atoms with van der Waals surface area (Å²) in [5, 5.41) is 0. The largest absolute Gasteiger partial charge is 0.468 e. The topological polar surface area (TPSA) is 52.6 Å². The summed E-state index contributed by atoms with van der Waals surface area (Å²) >= 11 is 0. The van der Waals surface area contributed by atoms with Crippen molar-refractivity contribution in [2.75, 3.05) is 14.2 Å². The van der Waals surface area contributed by atoms with Gasteiger partial charge in [-0.3, -0.25) is 9.59 Å². The van der Waals surface area contributed by atoms with Gasteiger partial charge in [0.1, 0.15) is 5.41 Å². The Morgan fingerprint density at radius 2 is 2.04 bits per heavy atom. The number of Topliss-reactive ketones (excluding diaryl/α,β-unsaturated/α-hetero) is 1. The third-order valence-electron chi connectivity index (χ3n) is 7.13. The molecule has 4 heteroatoms. The molecule has 3 saturated carbocycles. The summed E-state index contributed by atoms with van der Waals surface area (Å²) in [6, 6.07) is 0. The van der Waals surface area contributed by atoms with Crippen molar-refractivity contribution >= 4 is 11.8 Å². The molecule has 4 nitrogen and oxygen atoms in total. The van der Waals surface area contributed by atoms with Gasteiger partial charge in [0.2, 0.25) is 0 Å². The van der Waals surface area contributed by atoms with Gasteiger partial charge in [-0.1, -0.05) is 31.9 Å². The van der Waals surface area contributed by atoms with Gasteiger partial charge in [-0.15, -0.1) is 0 Å². The lowest BCUT2D eigenvalue weighted by atomic mass is 9.66. The minimum absolute atomic E-state index is 0.0233. The van der Waals surface area contributed by atoms with Crippen LogP contribution < -0.4 is 0 Å².